The van der Waals surface area contributed by atoms with Gasteiger partial charge >= 0.3 is 0 Å². The molecule has 2 heterocycles. The van der Waals surface area contributed by atoms with Gasteiger partial charge in [0.1, 0.15) is 6.04 Å². The number of hydrogen-bond donors (Lipinski definition) is 2. The van der Waals surface area contributed by atoms with E-state index in [2.05, 4.69) is 15.6 Å². The first-order valence-corrected chi connectivity index (χ1v) is 6.51. The number of amides is 2. The minimum Gasteiger partial charge on any atom is -0.354 e. The summed E-state index contributed by atoms with van der Waals surface area (Å²) < 4.78 is 0. The molecule has 2 N–H and O–H groups in total. The molecule has 1 aliphatic heterocycles. The fourth-order valence-corrected chi connectivity index (χ4v) is 2.42. The standard InChI is InChI=1S/C11H15N3O2S/c1-7-13-8(6-17-7)5-10(15)14-9-3-2-4-12-11(9)16/h6,9H,2-5H2,1H3,(H,12,16)(H,14,15). The highest BCUT2D eigenvalue weighted by atomic mass is 32.1. The van der Waals surface area contributed by atoms with Crippen LogP contribution in [-0.2, 0) is 16.0 Å². The van der Waals surface area contributed by atoms with E-state index < -0.39 is 0 Å². The second-order valence-corrected chi connectivity index (χ2v) is 5.15. The van der Waals surface area contributed by atoms with Gasteiger partial charge in [0.05, 0.1) is 17.1 Å². The number of carbonyl (C=O) groups is 2. The van der Waals surface area contributed by atoms with Crippen LogP contribution in [0, 0.1) is 6.92 Å². The van der Waals surface area contributed by atoms with Crippen molar-refractivity contribution in [1.82, 2.24) is 15.6 Å². The van der Waals surface area contributed by atoms with E-state index >= 15 is 0 Å². The van der Waals surface area contributed by atoms with E-state index in [9.17, 15) is 9.59 Å². The third-order valence-corrected chi connectivity index (χ3v) is 3.45. The van der Waals surface area contributed by atoms with E-state index in [1.54, 1.807) is 0 Å². The third kappa shape index (κ3) is 3.26. The lowest BCUT2D eigenvalue weighted by Gasteiger charge is -2.22. The van der Waals surface area contributed by atoms with Gasteiger partial charge in [-0.3, -0.25) is 9.59 Å². The summed E-state index contributed by atoms with van der Waals surface area (Å²) in [6, 6.07) is -0.379. The Kier molecular flexibility index (Phi) is 3.73. The fraction of sp³-hybridized carbons (Fsp3) is 0.545. The lowest BCUT2D eigenvalue weighted by molar-refractivity contribution is -0.129. The van der Waals surface area contributed by atoms with Gasteiger partial charge in [-0.25, -0.2) is 4.98 Å². The molecule has 1 saturated heterocycles. The maximum Gasteiger partial charge on any atom is 0.242 e. The lowest BCUT2D eigenvalue weighted by Crippen LogP contribution is -2.50. The number of rotatable bonds is 3. The van der Waals surface area contributed by atoms with Gasteiger partial charge in [-0.05, 0) is 19.8 Å². The zero-order chi connectivity index (χ0) is 12.3. The number of carbonyl (C=O) groups excluding carboxylic acids is 2. The van der Waals surface area contributed by atoms with Crippen molar-refractivity contribution in [2.45, 2.75) is 32.2 Å². The Hall–Kier alpha value is -1.43. The summed E-state index contributed by atoms with van der Waals surface area (Å²) in [5.74, 6) is -0.226. The summed E-state index contributed by atoms with van der Waals surface area (Å²) in [4.78, 5) is 27.4. The van der Waals surface area contributed by atoms with Crippen LogP contribution in [0.3, 0.4) is 0 Å². The van der Waals surface area contributed by atoms with Crippen LogP contribution in [0.25, 0.3) is 0 Å². The molecule has 6 heteroatoms. The molecular weight excluding hydrogens is 238 g/mol. The predicted octanol–water partition coefficient (Wildman–Crippen LogP) is 0.389. The van der Waals surface area contributed by atoms with Crippen LogP contribution in [0.15, 0.2) is 5.38 Å². The van der Waals surface area contributed by atoms with Gasteiger partial charge in [0.15, 0.2) is 0 Å². The number of aromatic nitrogens is 1. The highest BCUT2D eigenvalue weighted by molar-refractivity contribution is 7.09. The Morgan fingerprint density at radius 1 is 1.71 bits per heavy atom. The van der Waals surface area contributed by atoms with Crippen LogP contribution in [-0.4, -0.2) is 29.4 Å². The van der Waals surface area contributed by atoms with Crippen LogP contribution < -0.4 is 10.6 Å². The number of hydrogen-bond acceptors (Lipinski definition) is 4. The largest absolute Gasteiger partial charge is 0.354 e. The highest BCUT2D eigenvalue weighted by Gasteiger charge is 2.23. The van der Waals surface area contributed by atoms with E-state index in [4.69, 9.17) is 0 Å². The molecule has 0 spiro atoms. The second-order valence-electron chi connectivity index (χ2n) is 4.09. The van der Waals surface area contributed by atoms with Crippen molar-refractivity contribution in [3.63, 3.8) is 0 Å². The molecule has 0 bridgehead atoms. The minimum atomic E-state index is -0.379. The van der Waals surface area contributed by atoms with Crippen molar-refractivity contribution < 1.29 is 9.59 Å². The van der Waals surface area contributed by atoms with Crippen LogP contribution in [0.5, 0.6) is 0 Å². The van der Waals surface area contributed by atoms with Gasteiger partial charge in [-0.1, -0.05) is 0 Å². The van der Waals surface area contributed by atoms with E-state index in [-0.39, 0.29) is 24.3 Å². The average Bonchev–Trinajstić information content (AvgIpc) is 2.67. The highest BCUT2D eigenvalue weighted by Crippen LogP contribution is 2.09. The lowest BCUT2D eigenvalue weighted by atomic mass is 10.1. The first kappa shape index (κ1) is 12.0. The third-order valence-electron chi connectivity index (χ3n) is 2.63. The molecule has 0 radical (unpaired) electrons. The van der Waals surface area contributed by atoms with Crippen LogP contribution in [0.2, 0.25) is 0 Å². The summed E-state index contributed by atoms with van der Waals surface area (Å²) in [6.07, 6.45) is 1.87. The topological polar surface area (TPSA) is 71.1 Å². The molecule has 1 fully saturated rings. The average molecular weight is 253 g/mol. The normalized spacial score (nSPS) is 19.8. The molecule has 92 valence electrons. The Morgan fingerprint density at radius 2 is 2.53 bits per heavy atom. The quantitative estimate of drug-likeness (QED) is 0.818. The van der Waals surface area contributed by atoms with Gasteiger partial charge in [0, 0.05) is 11.9 Å². The zero-order valence-electron chi connectivity index (χ0n) is 9.66. The molecule has 2 amide bonds. The van der Waals surface area contributed by atoms with Gasteiger partial charge in [0.2, 0.25) is 11.8 Å². The first-order chi connectivity index (χ1) is 8.15. The molecular formula is C11H15N3O2S. The van der Waals surface area contributed by atoms with Crippen LogP contribution in [0.1, 0.15) is 23.5 Å². The maximum atomic E-state index is 11.7. The van der Waals surface area contributed by atoms with Crippen molar-refractivity contribution in [3.05, 3.63) is 16.1 Å². The minimum absolute atomic E-state index is 0.0842. The fourth-order valence-electron chi connectivity index (χ4n) is 1.81. The molecule has 1 unspecified atom stereocenters. The Labute approximate surface area is 104 Å². The molecule has 0 aliphatic carbocycles. The molecule has 1 atom stereocenters. The van der Waals surface area contributed by atoms with Crippen LogP contribution >= 0.6 is 11.3 Å². The van der Waals surface area contributed by atoms with Crippen molar-refractivity contribution in [3.8, 4) is 0 Å². The molecule has 1 aliphatic rings. The van der Waals surface area contributed by atoms with Crippen molar-refractivity contribution >= 4 is 23.2 Å². The Bertz CT molecular complexity index is 430. The summed E-state index contributed by atoms with van der Waals surface area (Å²) >= 11 is 1.52. The van der Waals surface area contributed by atoms with Gasteiger partial charge in [0.25, 0.3) is 0 Å². The summed E-state index contributed by atoms with van der Waals surface area (Å²) in [7, 11) is 0. The van der Waals surface area contributed by atoms with Crippen molar-refractivity contribution in [2.24, 2.45) is 0 Å². The van der Waals surface area contributed by atoms with Gasteiger partial charge in [-0.2, -0.15) is 0 Å². The summed E-state index contributed by atoms with van der Waals surface area (Å²) in [6.45, 7) is 2.61. The Balaban J connectivity index is 1.86. The summed E-state index contributed by atoms with van der Waals surface area (Å²) in [5, 5.41) is 8.30. The SMILES string of the molecule is Cc1nc(CC(=O)NC2CCCNC2=O)cs1. The number of nitrogens with one attached hydrogen (secondary N) is 2. The molecule has 17 heavy (non-hydrogen) atoms. The Morgan fingerprint density at radius 3 is 3.18 bits per heavy atom. The maximum absolute atomic E-state index is 11.7. The molecule has 2 rings (SSSR count). The molecule has 0 aromatic carbocycles. The molecule has 1 aromatic rings. The molecule has 0 saturated carbocycles. The van der Waals surface area contributed by atoms with Crippen molar-refractivity contribution in [2.75, 3.05) is 6.54 Å². The zero-order valence-corrected chi connectivity index (χ0v) is 10.5. The van der Waals surface area contributed by atoms with E-state index in [0.717, 1.165) is 17.1 Å². The molecule has 5 nitrogen and oxygen atoms in total. The summed E-state index contributed by atoms with van der Waals surface area (Å²) in [5.41, 5.74) is 0.765. The monoisotopic (exact) mass is 253 g/mol. The van der Waals surface area contributed by atoms with Crippen LogP contribution in [0.4, 0.5) is 0 Å². The molecule has 1 aromatic heterocycles. The van der Waals surface area contributed by atoms with Gasteiger partial charge in [-0.15, -0.1) is 11.3 Å². The predicted molar refractivity (Wildman–Crippen MR) is 64.7 cm³/mol. The van der Waals surface area contributed by atoms with E-state index in [1.165, 1.54) is 11.3 Å². The number of thiazole rings is 1. The number of nitrogens with zero attached hydrogens (tertiary/aromatic N) is 1. The number of aryl methyl sites for hydroxylation is 1. The van der Waals surface area contributed by atoms with E-state index in [0.29, 0.717) is 13.0 Å². The second kappa shape index (κ2) is 5.27. The smallest absolute Gasteiger partial charge is 0.242 e. The number of piperidine rings is 1. The van der Waals surface area contributed by atoms with Crippen molar-refractivity contribution in [1.29, 1.82) is 0 Å². The van der Waals surface area contributed by atoms with E-state index in [1.807, 2.05) is 12.3 Å². The first-order valence-electron chi connectivity index (χ1n) is 5.63. The van der Waals surface area contributed by atoms with Gasteiger partial charge < -0.3 is 10.6 Å².